The minimum absolute atomic E-state index is 0.482. The number of rotatable bonds is 3. The van der Waals surface area contributed by atoms with Crippen LogP contribution in [0.2, 0.25) is 0 Å². The van der Waals surface area contributed by atoms with Crippen LogP contribution in [-0.4, -0.2) is 16.0 Å². The summed E-state index contributed by atoms with van der Waals surface area (Å²) in [7, 11) is 0. The van der Waals surface area contributed by atoms with E-state index >= 15 is 0 Å². The molecule has 0 aromatic carbocycles. The second kappa shape index (κ2) is 4.14. The van der Waals surface area contributed by atoms with Crippen LogP contribution in [0, 0.1) is 18.8 Å². The number of nitrogen functional groups attached to an aromatic ring is 1. The van der Waals surface area contributed by atoms with Crippen molar-refractivity contribution in [3.63, 3.8) is 0 Å². The predicted octanol–water partition coefficient (Wildman–Crippen LogP) is 1.67. The fraction of sp³-hybridized carbons (Fsp3) is 0.667. The molecule has 92 valence electrons. The van der Waals surface area contributed by atoms with Crippen molar-refractivity contribution in [3.8, 4) is 0 Å². The van der Waals surface area contributed by atoms with Crippen LogP contribution in [0.4, 0.5) is 11.8 Å². The number of nitrogens with two attached hydrogens (primary N) is 1. The Labute approximate surface area is 101 Å². The van der Waals surface area contributed by atoms with Gasteiger partial charge in [-0.05, 0) is 38.0 Å². The summed E-state index contributed by atoms with van der Waals surface area (Å²) in [6.45, 7) is 1.95. The van der Waals surface area contributed by atoms with Crippen molar-refractivity contribution >= 4 is 11.8 Å². The fourth-order valence-corrected chi connectivity index (χ4v) is 3.32. The standard InChI is InChI=1S/C12H19N5/c1-7-4-11(16-12(14-7)17-13)15-10-6-8-2-3-9(10)5-8/h4,8-10H,2-3,5-6,13H2,1H3,(H2,14,15,16,17). The van der Waals surface area contributed by atoms with Gasteiger partial charge in [-0.3, -0.25) is 5.43 Å². The molecule has 0 radical (unpaired) electrons. The minimum Gasteiger partial charge on any atom is -0.367 e. The predicted molar refractivity (Wildman–Crippen MR) is 67.4 cm³/mol. The first-order valence-electron chi connectivity index (χ1n) is 6.33. The van der Waals surface area contributed by atoms with E-state index in [1.807, 2.05) is 13.0 Å². The van der Waals surface area contributed by atoms with Crippen LogP contribution in [0.1, 0.15) is 31.4 Å². The Morgan fingerprint density at radius 1 is 1.29 bits per heavy atom. The summed E-state index contributed by atoms with van der Waals surface area (Å²) in [6.07, 6.45) is 5.47. The van der Waals surface area contributed by atoms with Gasteiger partial charge in [-0.2, -0.15) is 4.98 Å². The smallest absolute Gasteiger partial charge is 0.239 e. The van der Waals surface area contributed by atoms with Crippen molar-refractivity contribution in [3.05, 3.63) is 11.8 Å². The van der Waals surface area contributed by atoms with Gasteiger partial charge in [0.1, 0.15) is 5.82 Å². The Bertz CT molecular complexity index is 419. The molecule has 0 saturated heterocycles. The van der Waals surface area contributed by atoms with Gasteiger partial charge in [0.2, 0.25) is 5.95 Å². The maximum atomic E-state index is 5.35. The molecule has 2 aliphatic rings. The number of aryl methyl sites for hydroxylation is 1. The van der Waals surface area contributed by atoms with Crippen molar-refractivity contribution in [1.29, 1.82) is 0 Å². The highest BCUT2D eigenvalue weighted by Crippen LogP contribution is 2.45. The molecule has 0 spiro atoms. The van der Waals surface area contributed by atoms with Crippen LogP contribution in [0.15, 0.2) is 6.07 Å². The van der Waals surface area contributed by atoms with E-state index in [1.165, 1.54) is 25.7 Å². The summed E-state index contributed by atoms with van der Waals surface area (Å²) >= 11 is 0. The molecular weight excluding hydrogens is 214 g/mol. The van der Waals surface area contributed by atoms with Gasteiger partial charge in [-0.25, -0.2) is 10.8 Å². The molecule has 5 nitrogen and oxygen atoms in total. The average Bonchev–Trinajstić information content (AvgIpc) is 2.90. The Hall–Kier alpha value is -1.36. The number of hydrogen-bond acceptors (Lipinski definition) is 5. The number of hydrazine groups is 1. The van der Waals surface area contributed by atoms with Crippen LogP contribution in [0.3, 0.4) is 0 Å². The molecule has 17 heavy (non-hydrogen) atoms. The number of aromatic nitrogens is 2. The van der Waals surface area contributed by atoms with E-state index in [2.05, 4.69) is 20.7 Å². The lowest BCUT2D eigenvalue weighted by Crippen LogP contribution is -2.26. The molecule has 1 aromatic heterocycles. The number of nitrogens with zero attached hydrogens (tertiary/aromatic N) is 2. The Morgan fingerprint density at radius 2 is 2.18 bits per heavy atom. The first kappa shape index (κ1) is 10.8. The molecule has 2 fully saturated rings. The highest BCUT2D eigenvalue weighted by molar-refractivity contribution is 5.42. The first-order valence-corrected chi connectivity index (χ1v) is 6.33. The van der Waals surface area contributed by atoms with Crippen molar-refractivity contribution in [1.82, 2.24) is 9.97 Å². The number of fused-ring (bicyclic) bond motifs is 2. The quantitative estimate of drug-likeness (QED) is 0.547. The minimum atomic E-state index is 0.482. The van der Waals surface area contributed by atoms with E-state index in [1.54, 1.807) is 0 Å². The van der Waals surface area contributed by atoms with E-state index in [9.17, 15) is 0 Å². The molecule has 2 bridgehead atoms. The summed E-state index contributed by atoms with van der Waals surface area (Å²) < 4.78 is 0. The summed E-state index contributed by atoms with van der Waals surface area (Å²) in [5.74, 6) is 8.50. The van der Waals surface area contributed by atoms with Crippen LogP contribution >= 0.6 is 0 Å². The Balaban J connectivity index is 1.74. The van der Waals surface area contributed by atoms with Gasteiger partial charge in [0.05, 0.1) is 0 Å². The largest absolute Gasteiger partial charge is 0.367 e. The van der Waals surface area contributed by atoms with Crippen molar-refractivity contribution in [2.24, 2.45) is 17.7 Å². The monoisotopic (exact) mass is 233 g/mol. The van der Waals surface area contributed by atoms with Gasteiger partial charge in [0.15, 0.2) is 0 Å². The van der Waals surface area contributed by atoms with Crippen LogP contribution in [0.5, 0.6) is 0 Å². The highest BCUT2D eigenvalue weighted by atomic mass is 15.3. The van der Waals surface area contributed by atoms with E-state index in [-0.39, 0.29) is 0 Å². The molecule has 1 heterocycles. The Morgan fingerprint density at radius 3 is 2.82 bits per heavy atom. The topological polar surface area (TPSA) is 75.9 Å². The molecule has 1 aromatic rings. The second-order valence-electron chi connectivity index (χ2n) is 5.29. The van der Waals surface area contributed by atoms with Gasteiger partial charge in [-0.15, -0.1) is 0 Å². The van der Waals surface area contributed by atoms with Gasteiger partial charge in [-0.1, -0.05) is 6.42 Å². The summed E-state index contributed by atoms with van der Waals surface area (Å²) in [5.41, 5.74) is 3.43. The summed E-state index contributed by atoms with van der Waals surface area (Å²) in [6, 6.07) is 2.57. The average molecular weight is 233 g/mol. The van der Waals surface area contributed by atoms with Crippen LogP contribution < -0.4 is 16.6 Å². The fourth-order valence-electron chi connectivity index (χ4n) is 3.32. The van der Waals surface area contributed by atoms with Crippen molar-refractivity contribution in [2.75, 3.05) is 10.7 Å². The summed E-state index contributed by atoms with van der Waals surface area (Å²) in [4.78, 5) is 8.53. The zero-order valence-electron chi connectivity index (χ0n) is 10.1. The second-order valence-corrected chi connectivity index (χ2v) is 5.29. The van der Waals surface area contributed by atoms with Gasteiger partial charge in [0, 0.05) is 17.8 Å². The number of hydrogen-bond donors (Lipinski definition) is 3. The lowest BCUT2D eigenvalue weighted by Gasteiger charge is -2.23. The third-order valence-electron chi connectivity index (χ3n) is 4.05. The molecule has 2 aliphatic carbocycles. The zero-order chi connectivity index (χ0) is 11.8. The van der Waals surface area contributed by atoms with Crippen molar-refractivity contribution < 1.29 is 0 Å². The summed E-state index contributed by atoms with van der Waals surface area (Å²) in [5, 5.41) is 3.54. The third-order valence-corrected chi connectivity index (χ3v) is 4.05. The van der Waals surface area contributed by atoms with Crippen molar-refractivity contribution in [2.45, 2.75) is 38.6 Å². The lowest BCUT2D eigenvalue weighted by molar-refractivity contribution is 0.439. The molecule has 0 aliphatic heterocycles. The van der Waals surface area contributed by atoms with E-state index < -0.39 is 0 Å². The number of nitrogens with one attached hydrogen (secondary N) is 2. The third kappa shape index (κ3) is 2.07. The Kier molecular flexibility index (Phi) is 2.63. The normalized spacial score (nSPS) is 30.6. The number of anilines is 2. The lowest BCUT2D eigenvalue weighted by atomic mass is 9.95. The zero-order valence-corrected chi connectivity index (χ0v) is 10.1. The van der Waals surface area contributed by atoms with Crippen LogP contribution in [-0.2, 0) is 0 Å². The highest BCUT2D eigenvalue weighted by Gasteiger charge is 2.39. The molecular formula is C12H19N5. The maximum absolute atomic E-state index is 5.35. The van der Waals surface area contributed by atoms with Gasteiger partial charge >= 0.3 is 0 Å². The molecule has 2 saturated carbocycles. The maximum Gasteiger partial charge on any atom is 0.239 e. The molecule has 4 N–H and O–H groups in total. The van der Waals surface area contributed by atoms with E-state index in [0.29, 0.717) is 12.0 Å². The molecule has 3 unspecified atom stereocenters. The molecule has 3 rings (SSSR count). The van der Waals surface area contributed by atoms with E-state index in [4.69, 9.17) is 5.84 Å². The molecule has 3 atom stereocenters. The molecule has 5 heteroatoms. The SMILES string of the molecule is Cc1cc(NC2CC3CCC2C3)nc(NN)n1. The van der Waals surface area contributed by atoms with E-state index in [0.717, 1.165) is 23.3 Å². The first-order chi connectivity index (χ1) is 8.24. The van der Waals surface area contributed by atoms with Gasteiger partial charge in [0.25, 0.3) is 0 Å². The molecule has 0 amide bonds. The van der Waals surface area contributed by atoms with Gasteiger partial charge < -0.3 is 5.32 Å². The van der Waals surface area contributed by atoms with Crippen LogP contribution in [0.25, 0.3) is 0 Å².